The predicted octanol–water partition coefficient (Wildman–Crippen LogP) is 4.32. The third-order valence-corrected chi connectivity index (χ3v) is 5.86. The van der Waals surface area contributed by atoms with Gasteiger partial charge in [-0.3, -0.25) is 4.57 Å². The number of benzene rings is 1. The molecule has 3 heterocycles. The van der Waals surface area contributed by atoms with Crippen LogP contribution in [0.25, 0.3) is 5.69 Å². The Labute approximate surface area is 164 Å². The second-order valence-electron chi connectivity index (χ2n) is 7.56. The van der Waals surface area contributed by atoms with Crippen molar-refractivity contribution in [1.82, 2.24) is 4.57 Å². The fraction of sp³-hybridized carbons (Fsp3) is 0.400. The van der Waals surface area contributed by atoms with Crippen LogP contribution in [0, 0.1) is 22.7 Å². The molecule has 1 saturated heterocycles. The quantitative estimate of drug-likeness (QED) is 0.795. The molecule has 6 nitrogen and oxygen atoms in total. The Morgan fingerprint density at radius 1 is 1.17 bits per heavy atom. The van der Waals surface area contributed by atoms with Gasteiger partial charge in [-0.25, -0.2) is 0 Å². The van der Waals surface area contributed by atoms with Crippen LogP contribution >= 0.6 is 0 Å². The first-order valence-corrected chi connectivity index (χ1v) is 8.94. The molecule has 0 spiro atoms. The van der Waals surface area contributed by atoms with Crippen molar-refractivity contribution >= 4 is 0 Å². The maximum absolute atomic E-state index is 13.4. The number of aromatic nitrogens is 1. The SMILES string of the molecule is C[C@]12CC[C@](CCC#N)(O1)c1c2c(O)n(-c2ccc(C#N)c(C(F)(F)F)c2)c1O. The number of nitrogens with zero attached hydrogens (tertiary/aromatic N) is 3. The van der Waals surface area contributed by atoms with Crippen molar-refractivity contribution in [3.05, 3.63) is 40.5 Å². The summed E-state index contributed by atoms with van der Waals surface area (Å²) in [5, 5.41) is 39.7. The first kappa shape index (κ1) is 19.2. The molecule has 4 rings (SSSR count). The first-order chi connectivity index (χ1) is 13.6. The van der Waals surface area contributed by atoms with Gasteiger partial charge in [0.05, 0.1) is 45.7 Å². The highest BCUT2D eigenvalue weighted by atomic mass is 19.4. The van der Waals surface area contributed by atoms with Gasteiger partial charge in [-0.15, -0.1) is 0 Å². The van der Waals surface area contributed by atoms with Crippen molar-refractivity contribution in [2.24, 2.45) is 0 Å². The minimum absolute atomic E-state index is 0.126. The molecule has 0 unspecified atom stereocenters. The van der Waals surface area contributed by atoms with Crippen LogP contribution in [-0.4, -0.2) is 14.8 Å². The molecule has 9 heteroatoms. The molecule has 1 aromatic heterocycles. The predicted molar refractivity (Wildman–Crippen MR) is 93.0 cm³/mol. The van der Waals surface area contributed by atoms with Crippen molar-refractivity contribution in [3.63, 3.8) is 0 Å². The molecule has 29 heavy (non-hydrogen) atoms. The van der Waals surface area contributed by atoms with Crippen LogP contribution in [0.5, 0.6) is 11.8 Å². The van der Waals surface area contributed by atoms with Crippen molar-refractivity contribution in [2.75, 3.05) is 0 Å². The summed E-state index contributed by atoms with van der Waals surface area (Å²) in [5.74, 6) is -0.826. The number of aromatic hydroxyl groups is 2. The van der Waals surface area contributed by atoms with Gasteiger partial charge in [-0.2, -0.15) is 23.7 Å². The lowest BCUT2D eigenvalue weighted by Crippen LogP contribution is -2.22. The number of halogens is 3. The van der Waals surface area contributed by atoms with Gasteiger partial charge in [0.2, 0.25) is 11.8 Å². The zero-order valence-corrected chi connectivity index (χ0v) is 15.3. The van der Waals surface area contributed by atoms with Gasteiger partial charge in [0, 0.05) is 6.42 Å². The lowest BCUT2D eigenvalue weighted by molar-refractivity contribution is -0.137. The molecule has 0 radical (unpaired) electrons. The van der Waals surface area contributed by atoms with E-state index >= 15 is 0 Å². The lowest BCUT2D eigenvalue weighted by atomic mass is 9.77. The van der Waals surface area contributed by atoms with E-state index in [9.17, 15) is 23.4 Å². The Kier molecular flexibility index (Phi) is 3.91. The van der Waals surface area contributed by atoms with Crippen molar-refractivity contribution in [1.29, 1.82) is 10.5 Å². The van der Waals surface area contributed by atoms with Crippen LogP contribution in [0.3, 0.4) is 0 Å². The topological polar surface area (TPSA) is 102 Å². The summed E-state index contributed by atoms with van der Waals surface area (Å²) in [6.07, 6.45) is -3.25. The Bertz CT molecular complexity index is 1110. The highest BCUT2D eigenvalue weighted by Crippen LogP contribution is 2.65. The van der Waals surface area contributed by atoms with Gasteiger partial charge in [0.1, 0.15) is 5.60 Å². The summed E-state index contributed by atoms with van der Waals surface area (Å²) in [6.45, 7) is 1.75. The minimum Gasteiger partial charge on any atom is -0.494 e. The maximum Gasteiger partial charge on any atom is 0.417 e. The van der Waals surface area contributed by atoms with Gasteiger partial charge in [0.25, 0.3) is 0 Å². The lowest BCUT2D eigenvalue weighted by Gasteiger charge is -2.25. The molecule has 2 aliphatic heterocycles. The van der Waals surface area contributed by atoms with Crippen molar-refractivity contribution < 1.29 is 28.1 Å². The highest BCUT2D eigenvalue weighted by Gasteiger charge is 2.61. The van der Waals surface area contributed by atoms with E-state index in [1.807, 2.05) is 6.07 Å². The van der Waals surface area contributed by atoms with E-state index in [1.54, 1.807) is 6.92 Å². The normalized spacial score (nSPS) is 24.9. The van der Waals surface area contributed by atoms with Crippen LogP contribution in [-0.2, 0) is 22.1 Å². The van der Waals surface area contributed by atoms with Gasteiger partial charge in [0.15, 0.2) is 0 Å². The van der Waals surface area contributed by atoms with E-state index in [0.717, 1.165) is 16.7 Å². The summed E-state index contributed by atoms with van der Waals surface area (Å²) in [6, 6.07) is 6.50. The number of fused-ring (bicyclic) bond motifs is 5. The zero-order valence-electron chi connectivity index (χ0n) is 15.3. The third-order valence-electron chi connectivity index (χ3n) is 5.86. The fourth-order valence-electron chi connectivity index (χ4n) is 4.61. The largest absolute Gasteiger partial charge is 0.494 e. The molecule has 0 amide bonds. The van der Waals surface area contributed by atoms with E-state index in [-0.39, 0.29) is 12.1 Å². The van der Waals surface area contributed by atoms with E-state index in [4.69, 9.17) is 15.3 Å². The molecule has 2 N–H and O–H groups in total. The van der Waals surface area contributed by atoms with Crippen molar-refractivity contribution in [3.8, 4) is 29.6 Å². The van der Waals surface area contributed by atoms with Gasteiger partial charge in [-0.05, 0) is 44.4 Å². The number of hydrogen-bond donors (Lipinski definition) is 2. The average molecular weight is 403 g/mol. The molecule has 2 aliphatic rings. The Hall–Kier alpha value is -3.17. The van der Waals surface area contributed by atoms with Gasteiger partial charge in [-0.1, -0.05) is 0 Å². The summed E-state index contributed by atoms with van der Waals surface area (Å²) in [5.41, 5.74) is -3.06. The molecular formula is C20H16F3N3O3. The van der Waals surface area contributed by atoms with E-state index in [0.29, 0.717) is 30.4 Å². The standard InChI is InChI=1S/C20H16F3N3O3/c1-18-6-7-19(29-18,5-2-8-24)15-14(18)16(27)26(17(15)28)12-4-3-11(10-25)13(9-12)20(21,22)23/h3-4,9,27-28H,2,5-7H2,1H3/t18-,19+/m1/s1. The summed E-state index contributed by atoms with van der Waals surface area (Å²) in [7, 11) is 0. The number of alkyl halides is 3. The number of hydrogen-bond acceptors (Lipinski definition) is 5. The second kappa shape index (κ2) is 5.91. The van der Waals surface area contributed by atoms with Crippen LogP contribution in [0.15, 0.2) is 18.2 Å². The molecule has 2 aromatic rings. The van der Waals surface area contributed by atoms with E-state index < -0.39 is 40.3 Å². The third kappa shape index (κ3) is 2.51. The van der Waals surface area contributed by atoms with Crippen LogP contribution in [0.4, 0.5) is 13.2 Å². The smallest absolute Gasteiger partial charge is 0.417 e. The molecule has 0 saturated carbocycles. The van der Waals surface area contributed by atoms with Crippen LogP contribution < -0.4 is 0 Å². The monoisotopic (exact) mass is 403 g/mol. The zero-order chi connectivity index (χ0) is 21.2. The fourth-order valence-corrected chi connectivity index (χ4v) is 4.61. The Morgan fingerprint density at radius 2 is 1.86 bits per heavy atom. The van der Waals surface area contributed by atoms with Crippen molar-refractivity contribution in [2.45, 2.75) is 50.0 Å². The average Bonchev–Trinajstić information content (AvgIpc) is 3.24. The van der Waals surface area contributed by atoms with E-state index in [2.05, 4.69) is 0 Å². The number of nitriles is 2. The summed E-state index contributed by atoms with van der Waals surface area (Å²) in [4.78, 5) is 0. The van der Waals surface area contributed by atoms with E-state index in [1.165, 1.54) is 12.1 Å². The van der Waals surface area contributed by atoms with Gasteiger partial charge < -0.3 is 14.9 Å². The number of rotatable bonds is 3. The van der Waals surface area contributed by atoms with Gasteiger partial charge >= 0.3 is 6.18 Å². The summed E-state index contributed by atoms with van der Waals surface area (Å²) < 4.78 is 47.1. The Morgan fingerprint density at radius 3 is 2.48 bits per heavy atom. The molecule has 2 bridgehead atoms. The number of ether oxygens (including phenoxy) is 1. The molecule has 1 aromatic carbocycles. The highest BCUT2D eigenvalue weighted by molar-refractivity contribution is 5.61. The summed E-state index contributed by atoms with van der Waals surface area (Å²) >= 11 is 0. The molecular weight excluding hydrogens is 387 g/mol. The molecule has 150 valence electrons. The Balaban J connectivity index is 1.94. The first-order valence-electron chi connectivity index (χ1n) is 8.94. The van der Waals surface area contributed by atoms with Crippen LogP contribution in [0.1, 0.15) is 54.9 Å². The maximum atomic E-state index is 13.4. The molecule has 2 atom stereocenters. The van der Waals surface area contributed by atoms with Crippen LogP contribution in [0.2, 0.25) is 0 Å². The molecule has 1 fully saturated rings. The second-order valence-corrected chi connectivity index (χ2v) is 7.56. The molecule has 0 aliphatic carbocycles. The minimum atomic E-state index is -4.77.